The number of benzene rings is 2. The molecule has 0 aliphatic heterocycles. The summed E-state index contributed by atoms with van der Waals surface area (Å²) >= 11 is 0. The zero-order chi connectivity index (χ0) is 20.5. The molecule has 0 bridgehead atoms. The van der Waals surface area contributed by atoms with Crippen LogP contribution in [0.2, 0.25) is 0 Å². The largest absolute Gasteiger partial charge is 0.493 e. The van der Waals surface area contributed by atoms with E-state index in [9.17, 15) is 9.59 Å². The standard InChI is InChI=1S/C21H25NO6/c1-5-14-6-8-15(9-7-14)12-22-19(23)13-28-21(24)16-10-17(25-2)20(27-4)18(11-16)26-3/h6-11H,5,12-13H2,1-4H3,(H,22,23). The van der Waals surface area contributed by atoms with Crippen molar-refractivity contribution in [3.8, 4) is 17.2 Å². The molecule has 0 radical (unpaired) electrons. The van der Waals surface area contributed by atoms with E-state index in [0.29, 0.717) is 23.8 Å². The van der Waals surface area contributed by atoms with Gasteiger partial charge in [-0.15, -0.1) is 0 Å². The van der Waals surface area contributed by atoms with Gasteiger partial charge in [0.2, 0.25) is 5.75 Å². The Hall–Kier alpha value is -3.22. The normalized spacial score (nSPS) is 10.1. The Kier molecular flexibility index (Phi) is 7.68. The van der Waals surface area contributed by atoms with Crippen LogP contribution in [0.1, 0.15) is 28.4 Å². The lowest BCUT2D eigenvalue weighted by molar-refractivity contribution is -0.124. The van der Waals surface area contributed by atoms with Crippen LogP contribution in [0.4, 0.5) is 0 Å². The van der Waals surface area contributed by atoms with Gasteiger partial charge in [-0.05, 0) is 29.7 Å². The number of carbonyl (C=O) groups is 2. The van der Waals surface area contributed by atoms with E-state index in [2.05, 4.69) is 12.2 Å². The second-order valence-corrected chi connectivity index (χ2v) is 5.94. The molecular formula is C21H25NO6. The first kappa shape index (κ1) is 21.1. The highest BCUT2D eigenvalue weighted by Gasteiger charge is 2.18. The average Bonchev–Trinajstić information content (AvgIpc) is 2.74. The van der Waals surface area contributed by atoms with Gasteiger partial charge in [-0.2, -0.15) is 0 Å². The monoisotopic (exact) mass is 387 g/mol. The predicted molar refractivity (Wildman–Crippen MR) is 104 cm³/mol. The van der Waals surface area contributed by atoms with Crippen molar-refractivity contribution in [1.29, 1.82) is 0 Å². The Morgan fingerprint density at radius 1 is 0.893 bits per heavy atom. The molecule has 28 heavy (non-hydrogen) atoms. The maximum Gasteiger partial charge on any atom is 0.338 e. The Balaban J connectivity index is 1.92. The molecule has 0 unspecified atom stereocenters. The zero-order valence-corrected chi connectivity index (χ0v) is 16.5. The summed E-state index contributed by atoms with van der Waals surface area (Å²) in [4.78, 5) is 24.2. The summed E-state index contributed by atoms with van der Waals surface area (Å²) in [6, 6.07) is 10.9. The molecule has 7 heteroatoms. The fourth-order valence-electron chi connectivity index (χ4n) is 2.56. The molecule has 150 valence electrons. The molecule has 0 aromatic heterocycles. The Bertz CT molecular complexity index is 791. The lowest BCUT2D eigenvalue weighted by Gasteiger charge is -2.13. The molecule has 0 spiro atoms. The third-order valence-corrected chi connectivity index (χ3v) is 4.16. The molecule has 0 saturated carbocycles. The van der Waals surface area contributed by atoms with Crippen LogP contribution in [-0.4, -0.2) is 39.8 Å². The molecule has 0 aliphatic carbocycles. The van der Waals surface area contributed by atoms with Crippen molar-refractivity contribution in [1.82, 2.24) is 5.32 Å². The van der Waals surface area contributed by atoms with Crippen molar-refractivity contribution in [2.45, 2.75) is 19.9 Å². The molecule has 2 aromatic carbocycles. The Morgan fingerprint density at radius 2 is 1.46 bits per heavy atom. The van der Waals surface area contributed by atoms with Gasteiger partial charge < -0.3 is 24.3 Å². The third kappa shape index (κ3) is 5.39. The Labute approximate surface area is 164 Å². The maximum absolute atomic E-state index is 12.3. The number of hydrogen-bond acceptors (Lipinski definition) is 6. The highest BCUT2D eigenvalue weighted by atomic mass is 16.5. The minimum atomic E-state index is -0.665. The Morgan fingerprint density at radius 3 is 1.96 bits per heavy atom. The number of amides is 1. The molecule has 1 amide bonds. The summed E-state index contributed by atoms with van der Waals surface area (Å²) in [5.74, 6) is -0.0296. The summed E-state index contributed by atoms with van der Waals surface area (Å²) in [6.45, 7) is 2.06. The SMILES string of the molecule is CCc1ccc(CNC(=O)COC(=O)c2cc(OC)c(OC)c(OC)c2)cc1. The molecular weight excluding hydrogens is 362 g/mol. The number of ether oxygens (including phenoxy) is 4. The first-order chi connectivity index (χ1) is 13.5. The number of aryl methyl sites for hydroxylation is 1. The lowest BCUT2D eigenvalue weighted by atomic mass is 10.1. The van der Waals surface area contributed by atoms with E-state index in [0.717, 1.165) is 12.0 Å². The van der Waals surface area contributed by atoms with Crippen molar-refractivity contribution in [2.24, 2.45) is 0 Å². The summed E-state index contributed by atoms with van der Waals surface area (Å²) in [7, 11) is 4.37. The molecule has 7 nitrogen and oxygen atoms in total. The van der Waals surface area contributed by atoms with Gasteiger partial charge in [0, 0.05) is 6.54 Å². The van der Waals surface area contributed by atoms with E-state index in [-0.39, 0.29) is 18.1 Å². The summed E-state index contributed by atoms with van der Waals surface area (Å²) in [5.41, 5.74) is 2.40. The van der Waals surface area contributed by atoms with E-state index < -0.39 is 5.97 Å². The van der Waals surface area contributed by atoms with E-state index in [4.69, 9.17) is 18.9 Å². The summed E-state index contributed by atoms with van der Waals surface area (Å²) in [5, 5.41) is 2.72. The van der Waals surface area contributed by atoms with Crippen LogP contribution in [0.15, 0.2) is 36.4 Å². The third-order valence-electron chi connectivity index (χ3n) is 4.16. The van der Waals surface area contributed by atoms with Crippen LogP contribution in [0.5, 0.6) is 17.2 Å². The first-order valence-corrected chi connectivity index (χ1v) is 8.84. The van der Waals surface area contributed by atoms with Crippen molar-refractivity contribution in [2.75, 3.05) is 27.9 Å². The molecule has 2 aromatic rings. The van der Waals surface area contributed by atoms with Gasteiger partial charge in [0.05, 0.1) is 26.9 Å². The molecule has 0 fully saturated rings. The number of rotatable bonds is 9. The quantitative estimate of drug-likeness (QED) is 0.666. The molecule has 0 atom stereocenters. The van der Waals surface area contributed by atoms with Crippen LogP contribution >= 0.6 is 0 Å². The number of methoxy groups -OCH3 is 3. The fraction of sp³-hybridized carbons (Fsp3) is 0.333. The van der Waals surface area contributed by atoms with Crippen molar-refractivity contribution in [3.05, 3.63) is 53.1 Å². The average molecular weight is 387 g/mol. The first-order valence-electron chi connectivity index (χ1n) is 8.84. The van der Waals surface area contributed by atoms with Crippen molar-refractivity contribution < 1.29 is 28.5 Å². The molecule has 0 heterocycles. The minimum Gasteiger partial charge on any atom is -0.493 e. The number of esters is 1. The predicted octanol–water partition coefficient (Wildman–Crippen LogP) is 2.75. The van der Waals surface area contributed by atoms with Crippen LogP contribution < -0.4 is 19.5 Å². The fourth-order valence-corrected chi connectivity index (χ4v) is 2.56. The van der Waals surface area contributed by atoms with Gasteiger partial charge in [0.15, 0.2) is 18.1 Å². The number of carbonyl (C=O) groups excluding carboxylic acids is 2. The summed E-state index contributed by atoms with van der Waals surface area (Å²) in [6.07, 6.45) is 0.962. The van der Waals surface area contributed by atoms with Gasteiger partial charge in [0.25, 0.3) is 5.91 Å². The van der Waals surface area contributed by atoms with E-state index in [1.165, 1.54) is 39.0 Å². The highest BCUT2D eigenvalue weighted by molar-refractivity contribution is 5.92. The van der Waals surface area contributed by atoms with Crippen molar-refractivity contribution >= 4 is 11.9 Å². The topological polar surface area (TPSA) is 83.1 Å². The smallest absolute Gasteiger partial charge is 0.338 e. The second-order valence-electron chi connectivity index (χ2n) is 5.94. The van der Waals surface area contributed by atoms with E-state index in [1.54, 1.807) is 0 Å². The highest BCUT2D eigenvalue weighted by Crippen LogP contribution is 2.38. The van der Waals surface area contributed by atoms with Crippen molar-refractivity contribution in [3.63, 3.8) is 0 Å². The lowest BCUT2D eigenvalue weighted by Crippen LogP contribution is -2.28. The number of nitrogens with one attached hydrogen (secondary N) is 1. The van der Waals surface area contributed by atoms with Gasteiger partial charge in [-0.25, -0.2) is 4.79 Å². The van der Waals surface area contributed by atoms with Gasteiger partial charge in [-0.3, -0.25) is 4.79 Å². The van der Waals surface area contributed by atoms with E-state index >= 15 is 0 Å². The van der Waals surface area contributed by atoms with Crippen LogP contribution in [0.3, 0.4) is 0 Å². The van der Waals surface area contributed by atoms with Crippen LogP contribution in [0.25, 0.3) is 0 Å². The molecule has 0 aliphatic rings. The van der Waals surface area contributed by atoms with Gasteiger partial charge in [0.1, 0.15) is 0 Å². The maximum atomic E-state index is 12.3. The number of hydrogen-bond donors (Lipinski definition) is 1. The minimum absolute atomic E-state index is 0.192. The van der Waals surface area contributed by atoms with Gasteiger partial charge in [-0.1, -0.05) is 31.2 Å². The zero-order valence-electron chi connectivity index (χ0n) is 16.5. The van der Waals surface area contributed by atoms with E-state index in [1.807, 2.05) is 24.3 Å². The second kappa shape index (κ2) is 10.2. The van der Waals surface area contributed by atoms with Crippen LogP contribution in [-0.2, 0) is 22.5 Å². The molecule has 2 rings (SSSR count). The molecule has 1 N–H and O–H groups in total. The van der Waals surface area contributed by atoms with Crippen LogP contribution in [0, 0.1) is 0 Å². The van der Waals surface area contributed by atoms with Gasteiger partial charge >= 0.3 is 5.97 Å². The summed E-state index contributed by atoms with van der Waals surface area (Å²) < 4.78 is 20.7. The molecule has 0 saturated heterocycles.